The Kier molecular flexibility index (Phi) is 6.15. The number of aliphatic imine (C=N–C) groups is 1. The molecule has 0 aliphatic rings. The second-order valence-electron chi connectivity index (χ2n) is 6.03. The zero-order valence-corrected chi connectivity index (χ0v) is 14.5. The molecule has 1 heterocycles. The van der Waals surface area contributed by atoms with Gasteiger partial charge < -0.3 is 9.84 Å². The molecule has 0 saturated heterocycles. The summed E-state index contributed by atoms with van der Waals surface area (Å²) in [5.74, 6) is -1.18. The fourth-order valence-electron chi connectivity index (χ4n) is 2.22. The molecule has 1 aromatic rings. The maximum atomic E-state index is 12.0. The highest BCUT2D eigenvalue weighted by Crippen LogP contribution is 2.24. The lowest BCUT2D eigenvalue weighted by atomic mass is 9.85. The van der Waals surface area contributed by atoms with Gasteiger partial charge in [0.1, 0.15) is 5.54 Å². The number of ether oxygens (including phenoxy) is 1. The van der Waals surface area contributed by atoms with Gasteiger partial charge in [0.05, 0.1) is 23.6 Å². The summed E-state index contributed by atoms with van der Waals surface area (Å²) in [7, 11) is 1.53. The smallest absolute Gasteiger partial charge is 0.337 e. The summed E-state index contributed by atoms with van der Waals surface area (Å²) in [4.78, 5) is 32.2. The van der Waals surface area contributed by atoms with E-state index in [0.29, 0.717) is 11.3 Å². The number of ketones is 1. The molecule has 0 radical (unpaired) electrons. The minimum Gasteiger partial charge on any atom is -0.478 e. The van der Waals surface area contributed by atoms with E-state index >= 15 is 0 Å². The summed E-state index contributed by atoms with van der Waals surface area (Å²) in [6, 6.07) is 1.52. The van der Waals surface area contributed by atoms with Gasteiger partial charge in [-0.2, -0.15) is 0 Å². The molecule has 1 N–H and O–H groups in total. The Balaban J connectivity index is 3.41. The van der Waals surface area contributed by atoms with Crippen LogP contribution in [0.3, 0.4) is 0 Å². The van der Waals surface area contributed by atoms with Crippen LogP contribution in [0.2, 0.25) is 0 Å². The monoisotopic (exact) mass is 320 g/mol. The molecule has 0 spiro atoms. The number of aromatic carboxylic acids is 1. The van der Waals surface area contributed by atoms with Gasteiger partial charge in [-0.05, 0) is 38.3 Å². The summed E-state index contributed by atoms with van der Waals surface area (Å²) >= 11 is 0. The van der Waals surface area contributed by atoms with Crippen molar-refractivity contribution in [3.63, 3.8) is 0 Å². The van der Waals surface area contributed by atoms with Crippen LogP contribution in [-0.2, 0) is 16.1 Å². The Bertz CT molecular complexity index is 637. The molecular formula is C17H24N2O4. The average molecular weight is 320 g/mol. The number of aromatic nitrogens is 1. The van der Waals surface area contributed by atoms with Crippen molar-refractivity contribution in [1.29, 1.82) is 0 Å². The van der Waals surface area contributed by atoms with E-state index in [1.807, 2.05) is 13.8 Å². The molecule has 1 atom stereocenters. The molecule has 23 heavy (non-hydrogen) atoms. The highest BCUT2D eigenvalue weighted by atomic mass is 16.5. The van der Waals surface area contributed by atoms with E-state index in [1.54, 1.807) is 20.0 Å². The van der Waals surface area contributed by atoms with Crippen molar-refractivity contribution >= 4 is 17.5 Å². The van der Waals surface area contributed by atoms with Crippen LogP contribution >= 0.6 is 0 Å². The Labute approximate surface area is 136 Å². The van der Waals surface area contributed by atoms with Gasteiger partial charge in [-0.15, -0.1) is 0 Å². The normalized spacial score (nSPS) is 14.7. The van der Waals surface area contributed by atoms with Gasteiger partial charge in [0.25, 0.3) is 0 Å². The number of pyridine rings is 1. The number of nitrogens with zero attached hydrogens (tertiary/aromatic N) is 2. The van der Waals surface area contributed by atoms with Crippen molar-refractivity contribution in [3.8, 4) is 0 Å². The number of hydrogen-bond donors (Lipinski definition) is 1. The third kappa shape index (κ3) is 4.22. The SMILES string of the molecule is COCc1cnc(/C(C)=N/C(C)(C(C)=O)C(C)C)c(C(=O)O)c1. The van der Waals surface area contributed by atoms with Gasteiger partial charge in [0.15, 0.2) is 5.78 Å². The Morgan fingerprint density at radius 2 is 2.00 bits per heavy atom. The van der Waals surface area contributed by atoms with Crippen LogP contribution in [0.25, 0.3) is 0 Å². The van der Waals surface area contributed by atoms with Gasteiger partial charge in [0.2, 0.25) is 0 Å². The third-order valence-corrected chi connectivity index (χ3v) is 4.07. The summed E-state index contributed by atoms with van der Waals surface area (Å²) in [5.41, 5.74) is 0.505. The summed E-state index contributed by atoms with van der Waals surface area (Å²) < 4.78 is 5.00. The maximum absolute atomic E-state index is 12.0. The molecule has 0 saturated carbocycles. The first kappa shape index (κ1) is 19.0. The lowest BCUT2D eigenvalue weighted by Crippen LogP contribution is -2.38. The van der Waals surface area contributed by atoms with E-state index in [-0.39, 0.29) is 29.6 Å². The second-order valence-corrected chi connectivity index (χ2v) is 6.03. The first-order valence-corrected chi connectivity index (χ1v) is 7.42. The van der Waals surface area contributed by atoms with Crippen molar-refractivity contribution < 1.29 is 19.4 Å². The number of rotatable bonds is 7. The Morgan fingerprint density at radius 1 is 1.39 bits per heavy atom. The highest BCUT2D eigenvalue weighted by molar-refractivity contribution is 6.07. The number of methoxy groups -OCH3 is 1. The van der Waals surface area contributed by atoms with Gasteiger partial charge >= 0.3 is 5.97 Å². The number of carbonyl (C=O) groups excluding carboxylic acids is 1. The van der Waals surface area contributed by atoms with Gasteiger partial charge in [0, 0.05) is 13.3 Å². The molecule has 6 heteroatoms. The molecule has 0 amide bonds. The molecule has 0 fully saturated rings. The average Bonchev–Trinajstić information content (AvgIpc) is 2.46. The first-order valence-electron chi connectivity index (χ1n) is 7.42. The lowest BCUT2D eigenvalue weighted by molar-refractivity contribution is -0.122. The predicted octanol–water partition coefficient (Wildman–Crippen LogP) is 2.74. The summed E-state index contributed by atoms with van der Waals surface area (Å²) in [6.07, 6.45) is 1.56. The molecule has 0 aliphatic carbocycles. The standard InChI is InChI=1S/C17H24N2O4/c1-10(2)17(5,12(4)20)19-11(3)15-14(16(21)22)7-13(8-18-15)9-23-6/h7-8,10H,9H2,1-6H3,(H,21,22)/b19-11+. The number of Topliss-reactive ketones (excluding diaryl/α,β-unsaturated/α-hetero) is 1. The molecule has 1 aromatic heterocycles. The van der Waals surface area contributed by atoms with Crippen LogP contribution < -0.4 is 0 Å². The van der Waals surface area contributed by atoms with Crippen LogP contribution in [0.5, 0.6) is 0 Å². The van der Waals surface area contributed by atoms with E-state index in [9.17, 15) is 14.7 Å². The lowest BCUT2D eigenvalue weighted by Gasteiger charge is -2.27. The Hall–Kier alpha value is -2.08. The summed E-state index contributed by atoms with van der Waals surface area (Å²) in [6.45, 7) is 9.01. The summed E-state index contributed by atoms with van der Waals surface area (Å²) in [5, 5.41) is 9.42. The zero-order valence-electron chi connectivity index (χ0n) is 14.5. The molecule has 6 nitrogen and oxygen atoms in total. The number of carboxylic acid groups (broad SMARTS) is 1. The topological polar surface area (TPSA) is 88.9 Å². The van der Waals surface area contributed by atoms with E-state index in [2.05, 4.69) is 9.98 Å². The molecular weight excluding hydrogens is 296 g/mol. The third-order valence-electron chi connectivity index (χ3n) is 4.07. The molecule has 1 rings (SSSR count). The van der Waals surface area contributed by atoms with Crippen molar-refractivity contribution in [2.24, 2.45) is 10.9 Å². The van der Waals surface area contributed by atoms with Crippen LogP contribution in [0.15, 0.2) is 17.3 Å². The minimum atomic E-state index is -1.09. The van der Waals surface area contributed by atoms with E-state index in [0.717, 1.165) is 0 Å². The van der Waals surface area contributed by atoms with Crippen molar-refractivity contribution in [3.05, 3.63) is 29.1 Å². The first-order chi connectivity index (χ1) is 10.6. The number of hydrogen-bond acceptors (Lipinski definition) is 5. The van der Waals surface area contributed by atoms with Crippen molar-refractivity contribution in [2.45, 2.75) is 46.8 Å². The highest BCUT2D eigenvalue weighted by Gasteiger charge is 2.33. The number of carbonyl (C=O) groups is 2. The largest absolute Gasteiger partial charge is 0.478 e. The zero-order chi connectivity index (χ0) is 17.8. The van der Waals surface area contributed by atoms with Crippen LogP contribution in [0.1, 0.15) is 56.2 Å². The molecule has 0 aromatic carbocycles. The van der Waals surface area contributed by atoms with Gasteiger partial charge in [-0.1, -0.05) is 13.8 Å². The van der Waals surface area contributed by atoms with Crippen molar-refractivity contribution in [1.82, 2.24) is 4.98 Å². The van der Waals surface area contributed by atoms with Gasteiger partial charge in [-0.25, -0.2) is 4.79 Å². The predicted molar refractivity (Wildman–Crippen MR) is 88.0 cm³/mol. The Morgan fingerprint density at radius 3 is 2.43 bits per heavy atom. The van der Waals surface area contributed by atoms with Crippen LogP contribution in [0.4, 0.5) is 0 Å². The molecule has 126 valence electrons. The maximum Gasteiger partial charge on any atom is 0.337 e. The molecule has 1 unspecified atom stereocenters. The fraction of sp³-hybridized carbons (Fsp3) is 0.529. The van der Waals surface area contributed by atoms with Crippen LogP contribution in [0, 0.1) is 5.92 Å². The quantitative estimate of drug-likeness (QED) is 0.780. The van der Waals surface area contributed by atoms with E-state index < -0.39 is 11.5 Å². The van der Waals surface area contributed by atoms with Gasteiger partial charge in [-0.3, -0.25) is 14.8 Å². The fourth-order valence-corrected chi connectivity index (χ4v) is 2.22. The number of carboxylic acids is 1. The second kappa shape index (κ2) is 7.46. The minimum absolute atomic E-state index is 0.0176. The van der Waals surface area contributed by atoms with Crippen molar-refractivity contribution in [2.75, 3.05) is 7.11 Å². The molecule has 0 bridgehead atoms. The van der Waals surface area contributed by atoms with E-state index in [1.165, 1.54) is 20.1 Å². The van der Waals surface area contributed by atoms with E-state index in [4.69, 9.17) is 4.74 Å². The molecule has 0 aliphatic heterocycles. The van der Waals surface area contributed by atoms with Crippen LogP contribution in [-0.4, -0.2) is 40.2 Å².